The van der Waals surface area contributed by atoms with E-state index in [4.69, 9.17) is 0 Å². The molecule has 0 N–H and O–H groups in total. The van der Waals surface area contributed by atoms with Crippen molar-refractivity contribution < 1.29 is 13.2 Å². The maximum Gasteiger partial charge on any atom is 0.255 e. The number of sulfone groups is 1. The van der Waals surface area contributed by atoms with Gasteiger partial charge in [0.2, 0.25) is 0 Å². The number of halogens is 1. The molecular formula is C11H13BrN2O3S. The normalized spacial score (nSPS) is 21.8. The number of aromatic nitrogens is 1. The summed E-state index contributed by atoms with van der Waals surface area (Å²) in [6.45, 7) is 0. The third-order valence-corrected chi connectivity index (χ3v) is 5.21. The van der Waals surface area contributed by atoms with Crippen molar-refractivity contribution in [2.24, 2.45) is 0 Å². The standard InChI is InChI=1S/C11H13BrN2O3S/c1-14(10-2-3-18(16,17)7-10)11(15)8-4-9(12)6-13-5-8/h4-6,10H,2-3,7H2,1H3/t10-/m1/s1. The van der Waals surface area contributed by atoms with Gasteiger partial charge in [0.15, 0.2) is 9.84 Å². The molecule has 7 heteroatoms. The van der Waals surface area contributed by atoms with E-state index in [1.807, 2.05) is 0 Å². The molecule has 0 aromatic carbocycles. The number of amides is 1. The van der Waals surface area contributed by atoms with Gasteiger partial charge in [-0.25, -0.2) is 8.42 Å². The molecule has 0 radical (unpaired) electrons. The van der Waals surface area contributed by atoms with E-state index in [2.05, 4.69) is 20.9 Å². The molecule has 1 aromatic rings. The van der Waals surface area contributed by atoms with Gasteiger partial charge in [0.1, 0.15) is 0 Å². The van der Waals surface area contributed by atoms with Crippen LogP contribution in [0.15, 0.2) is 22.9 Å². The quantitative estimate of drug-likeness (QED) is 0.813. The zero-order valence-electron chi connectivity index (χ0n) is 9.84. The summed E-state index contributed by atoms with van der Waals surface area (Å²) in [7, 11) is -1.35. The summed E-state index contributed by atoms with van der Waals surface area (Å²) >= 11 is 3.25. The molecule has 0 aliphatic carbocycles. The summed E-state index contributed by atoms with van der Waals surface area (Å²) in [4.78, 5) is 17.6. The molecule has 1 aliphatic rings. The van der Waals surface area contributed by atoms with Crippen LogP contribution in [0.1, 0.15) is 16.8 Å². The second kappa shape index (κ2) is 4.97. The van der Waals surface area contributed by atoms with Crippen molar-refractivity contribution in [3.8, 4) is 0 Å². The number of nitrogens with zero attached hydrogens (tertiary/aromatic N) is 2. The number of carbonyl (C=O) groups is 1. The van der Waals surface area contributed by atoms with E-state index in [-0.39, 0.29) is 23.5 Å². The highest BCUT2D eigenvalue weighted by Crippen LogP contribution is 2.19. The molecule has 0 saturated carbocycles. The molecular weight excluding hydrogens is 320 g/mol. The van der Waals surface area contributed by atoms with Gasteiger partial charge in [-0.15, -0.1) is 0 Å². The Kier molecular flexibility index (Phi) is 3.72. The lowest BCUT2D eigenvalue weighted by Gasteiger charge is -2.23. The first kappa shape index (κ1) is 13.5. The highest BCUT2D eigenvalue weighted by atomic mass is 79.9. The van der Waals surface area contributed by atoms with Crippen LogP contribution in [-0.4, -0.2) is 48.8 Å². The Morgan fingerprint density at radius 1 is 1.50 bits per heavy atom. The summed E-state index contributed by atoms with van der Waals surface area (Å²) in [5, 5.41) is 0. The van der Waals surface area contributed by atoms with Gasteiger partial charge < -0.3 is 4.90 Å². The first-order valence-electron chi connectivity index (χ1n) is 5.47. The minimum Gasteiger partial charge on any atom is -0.338 e. The summed E-state index contributed by atoms with van der Waals surface area (Å²) in [6, 6.07) is 1.44. The van der Waals surface area contributed by atoms with Crippen LogP contribution in [0.2, 0.25) is 0 Å². The molecule has 1 atom stereocenters. The van der Waals surface area contributed by atoms with Crippen molar-refractivity contribution in [2.75, 3.05) is 18.6 Å². The maximum absolute atomic E-state index is 12.2. The van der Waals surface area contributed by atoms with E-state index < -0.39 is 9.84 Å². The number of hydrogen-bond acceptors (Lipinski definition) is 4. The molecule has 1 aromatic heterocycles. The Morgan fingerprint density at radius 3 is 2.78 bits per heavy atom. The molecule has 1 amide bonds. The van der Waals surface area contributed by atoms with Crippen LogP contribution in [0.25, 0.3) is 0 Å². The number of rotatable bonds is 2. The van der Waals surface area contributed by atoms with Crippen LogP contribution in [0.3, 0.4) is 0 Å². The molecule has 1 aliphatic heterocycles. The van der Waals surface area contributed by atoms with E-state index in [1.165, 1.54) is 11.1 Å². The zero-order valence-corrected chi connectivity index (χ0v) is 12.2. The Labute approximate surface area is 114 Å². The van der Waals surface area contributed by atoms with E-state index >= 15 is 0 Å². The van der Waals surface area contributed by atoms with E-state index in [0.29, 0.717) is 12.0 Å². The molecule has 98 valence electrons. The minimum atomic E-state index is -2.98. The summed E-state index contributed by atoms with van der Waals surface area (Å²) < 4.78 is 23.5. The van der Waals surface area contributed by atoms with Gasteiger partial charge in [-0.05, 0) is 28.4 Å². The Balaban J connectivity index is 2.15. The fourth-order valence-electron chi connectivity index (χ4n) is 1.98. The van der Waals surface area contributed by atoms with Crippen LogP contribution in [0.5, 0.6) is 0 Å². The van der Waals surface area contributed by atoms with Crippen molar-refractivity contribution in [1.82, 2.24) is 9.88 Å². The van der Waals surface area contributed by atoms with Gasteiger partial charge >= 0.3 is 0 Å². The van der Waals surface area contributed by atoms with Crippen LogP contribution in [0.4, 0.5) is 0 Å². The van der Waals surface area contributed by atoms with E-state index in [0.717, 1.165) is 4.47 Å². The number of hydrogen-bond donors (Lipinski definition) is 0. The molecule has 2 heterocycles. The minimum absolute atomic E-state index is 0.0523. The van der Waals surface area contributed by atoms with Crippen molar-refractivity contribution >= 4 is 31.7 Å². The Hall–Kier alpha value is -0.950. The average molecular weight is 333 g/mol. The highest BCUT2D eigenvalue weighted by Gasteiger charge is 2.33. The molecule has 18 heavy (non-hydrogen) atoms. The third kappa shape index (κ3) is 2.89. The lowest BCUT2D eigenvalue weighted by atomic mass is 10.2. The molecule has 5 nitrogen and oxygen atoms in total. The van der Waals surface area contributed by atoms with Crippen molar-refractivity contribution in [2.45, 2.75) is 12.5 Å². The second-order valence-corrected chi connectivity index (χ2v) is 7.51. The summed E-state index contributed by atoms with van der Waals surface area (Å²) in [5.74, 6) is 0.00813. The van der Waals surface area contributed by atoms with Gasteiger partial charge in [-0.3, -0.25) is 9.78 Å². The van der Waals surface area contributed by atoms with Crippen LogP contribution in [0, 0.1) is 0 Å². The predicted octanol–water partition coefficient (Wildman–Crippen LogP) is 1.10. The Bertz CT molecular complexity index is 573. The smallest absolute Gasteiger partial charge is 0.255 e. The third-order valence-electron chi connectivity index (χ3n) is 3.03. The first-order valence-corrected chi connectivity index (χ1v) is 8.08. The second-order valence-electron chi connectivity index (χ2n) is 4.36. The average Bonchev–Trinajstić information content (AvgIpc) is 2.68. The first-order chi connectivity index (χ1) is 8.39. The molecule has 2 rings (SSSR count). The number of pyridine rings is 1. The van der Waals surface area contributed by atoms with Crippen LogP contribution < -0.4 is 0 Å². The molecule has 1 fully saturated rings. The van der Waals surface area contributed by atoms with E-state index in [9.17, 15) is 13.2 Å². The lowest BCUT2D eigenvalue weighted by molar-refractivity contribution is 0.0747. The fourth-order valence-corrected chi connectivity index (χ4v) is 4.12. The van der Waals surface area contributed by atoms with Crippen molar-refractivity contribution in [3.05, 3.63) is 28.5 Å². The van der Waals surface area contributed by atoms with Crippen LogP contribution >= 0.6 is 15.9 Å². The van der Waals surface area contributed by atoms with Gasteiger partial charge in [0, 0.05) is 30.0 Å². The topological polar surface area (TPSA) is 67.3 Å². The molecule has 1 saturated heterocycles. The number of carbonyl (C=O) groups excluding carboxylic acids is 1. The fraction of sp³-hybridized carbons (Fsp3) is 0.455. The maximum atomic E-state index is 12.2. The SMILES string of the molecule is CN(C(=O)c1cncc(Br)c1)[C@@H]1CCS(=O)(=O)C1. The van der Waals surface area contributed by atoms with Gasteiger partial charge in [-0.1, -0.05) is 0 Å². The Morgan fingerprint density at radius 2 is 2.22 bits per heavy atom. The van der Waals surface area contributed by atoms with Gasteiger partial charge in [0.25, 0.3) is 5.91 Å². The highest BCUT2D eigenvalue weighted by molar-refractivity contribution is 9.10. The zero-order chi connectivity index (χ0) is 13.3. The van der Waals surface area contributed by atoms with Crippen LogP contribution in [-0.2, 0) is 9.84 Å². The van der Waals surface area contributed by atoms with Crippen molar-refractivity contribution in [3.63, 3.8) is 0 Å². The predicted molar refractivity (Wildman–Crippen MR) is 71.1 cm³/mol. The van der Waals surface area contributed by atoms with Gasteiger partial charge in [-0.2, -0.15) is 0 Å². The molecule has 0 spiro atoms. The van der Waals surface area contributed by atoms with Crippen molar-refractivity contribution in [1.29, 1.82) is 0 Å². The van der Waals surface area contributed by atoms with Gasteiger partial charge in [0.05, 0.1) is 17.1 Å². The monoisotopic (exact) mass is 332 g/mol. The summed E-state index contributed by atoms with van der Waals surface area (Å²) in [6.07, 6.45) is 3.58. The summed E-state index contributed by atoms with van der Waals surface area (Å²) in [5.41, 5.74) is 0.455. The lowest BCUT2D eigenvalue weighted by Crippen LogP contribution is -2.37. The molecule has 0 bridgehead atoms. The molecule has 0 unspecified atom stereocenters. The largest absolute Gasteiger partial charge is 0.338 e. The van der Waals surface area contributed by atoms with E-state index in [1.54, 1.807) is 19.3 Å².